The van der Waals surface area contributed by atoms with Crippen LogP contribution in [0.1, 0.15) is 45.9 Å². The number of aromatic nitrogens is 2. The van der Waals surface area contributed by atoms with Gasteiger partial charge in [0.05, 0.1) is 31.0 Å². The summed E-state index contributed by atoms with van der Waals surface area (Å²) in [5, 5.41) is 4.31. The molecule has 7 heteroatoms. The normalized spacial score (nSPS) is 20.4. The van der Waals surface area contributed by atoms with Crippen LogP contribution in [-0.2, 0) is 16.0 Å². The van der Waals surface area contributed by atoms with E-state index in [1.807, 2.05) is 31.5 Å². The van der Waals surface area contributed by atoms with Crippen molar-refractivity contribution in [2.24, 2.45) is 5.73 Å². The highest BCUT2D eigenvalue weighted by Gasteiger charge is 2.36. The fourth-order valence-corrected chi connectivity index (χ4v) is 2.69. The second kappa shape index (κ2) is 7.31. The Morgan fingerprint density at radius 2 is 2.30 bits per heavy atom. The molecule has 1 aromatic heterocycles. The molecule has 130 valence electrons. The largest absolute Gasteiger partial charge is 0.444 e. The molecule has 2 heterocycles. The van der Waals surface area contributed by atoms with Crippen molar-refractivity contribution in [1.29, 1.82) is 0 Å². The Morgan fingerprint density at radius 1 is 1.57 bits per heavy atom. The highest BCUT2D eigenvalue weighted by molar-refractivity contribution is 5.69. The van der Waals surface area contributed by atoms with E-state index < -0.39 is 5.60 Å². The molecule has 1 fully saturated rings. The maximum Gasteiger partial charge on any atom is 0.410 e. The summed E-state index contributed by atoms with van der Waals surface area (Å²) in [6, 6.07) is 1.28. The summed E-state index contributed by atoms with van der Waals surface area (Å²) in [5.74, 6) is 0. The smallest absolute Gasteiger partial charge is 0.410 e. The van der Waals surface area contributed by atoms with Crippen LogP contribution in [0.2, 0.25) is 0 Å². The van der Waals surface area contributed by atoms with Crippen LogP contribution in [0.5, 0.6) is 0 Å². The molecule has 2 rings (SSSR count). The Labute approximate surface area is 137 Å². The standard InChI is InChI=1S/C16H28N4O3/c1-5-8-20-12(6-7-18-20)14(17)13-11-22-10-9-19(13)15(21)23-16(2,3)4/h6-7,13-14H,5,8-11,17H2,1-4H3. The molecule has 1 aliphatic rings. The number of carbonyl (C=O) groups is 1. The van der Waals surface area contributed by atoms with Gasteiger partial charge in [-0.25, -0.2) is 4.79 Å². The zero-order valence-electron chi connectivity index (χ0n) is 14.5. The highest BCUT2D eigenvalue weighted by Crippen LogP contribution is 2.23. The molecule has 2 unspecified atom stereocenters. The number of carbonyl (C=O) groups excluding carboxylic acids is 1. The molecule has 1 aromatic rings. The van der Waals surface area contributed by atoms with Crippen molar-refractivity contribution in [3.05, 3.63) is 18.0 Å². The van der Waals surface area contributed by atoms with Crippen LogP contribution in [0.4, 0.5) is 4.79 Å². The molecule has 0 aliphatic carbocycles. The molecule has 1 saturated heterocycles. The predicted molar refractivity (Wildman–Crippen MR) is 87.0 cm³/mol. The minimum absolute atomic E-state index is 0.258. The number of morpholine rings is 1. The van der Waals surface area contributed by atoms with Gasteiger partial charge in [-0.15, -0.1) is 0 Å². The van der Waals surface area contributed by atoms with Crippen LogP contribution >= 0.6 is 0 Å². The first-order chi connectivity index (χ1) is 10.8. The summed E-state index contributed by atoms with van der Waals surface area (Å²) in [4.78, 5) is 14.2. The average Bonchev–Trinajstić information content (AvgIpc) is 2.93. The molecule has 2 N–H and O–H groups in total. The number of nitrogens with two attached hydrogens (primary N) is 1. The fraction of sp³-hybridized carbons (Fsp3) is 0.750. The van der Waals surface area contributed by atoms with E-state index >= 15 is 0 Å². The summed E-state index contributed by atoms with van der Waals surface area (Å²) in [6.07, 6.45) is 2.37. The summed E-state index contributed by atoms with van der Waals surface area (Å²) < 4.78 is 13.0. The molecule has 0 saturated carbocycles. The predicted octanol–water partition coefficient (Wildman–Crippen LogP) is 1.93. The van der Waals surface area contributed by atoms with E-state index in [2.05, 4.69) is 12.0 Å². The van der Waals surface area contributed by atoms with Gasteiger partial charge in [0.15, 0.2) is 0 Å². The third-order valence-electron chi connectivity index (χ3n) is 3.73. The molecule has 0 spiro atoms. The van der Waals surface area contributed by atoms with Gasteiger partial charge in [-0.2, -0.15) is 5.10 Å². The van der Waals surface area contributed by atoms with Gasteiger partial charge in [-0.3, -0.25) is 9.58 Å². The van der Waals surface area contributed by atoms with Crippen molar-refractivity contribution in [3.63, 3.8) is 0 Å². The minimum Gasteiger partial charge on any atom is -0.444 e. The third-order valence-corrected chi connectivity index (χ3v) is 3.73. The maximum atomic E-state index is 12.5. The molecule has 1 aliphatic heterocycles. The molecule has 23 heavy (non-hydrogen) atoms. The monoisotopic (exact) mass is 324 g/mol. The first kappa shape index (κ1) is 17.7. The lowest BCUT2D eigenvalue weighted by Crippen LogP contribution is -2.54. The lowest BCUT2D eigenvalue weighted by Gasteiger charge is -2.39. The van der Waals surface area contributed by atoms with E-state index in [1.165, 1.54) is 0 Å². The van der Waals surface area contributed by atoms with Gasteiger partial charge < -0.3 is 15.2 Å². The summed E-state index contributed by atoms with van der Waals surface area (Å²) in [6.45, 7) is 9.84. The topological polar surface area (TPSA) is 82.6 Å². The van der Waals surface area contributed by atoms with Crippen LogP contribution in [0, 0.1) is 0 Å². The number of hydrogen-bond donors (Lipinski definition) is 1. The number of nitrogens with zero attached hydrogens (tertiary/aromatic N) is 3. The van der Waals surface area contributed by atoms with Gasteiger partial charge in [0.25, 0.3) is 0 Å². The minimum atomic E-state index is -0.534. The Kier molecular flexibility index (Phi) is 5.64. The molecule has 7 nitrogen and oxygen atoms in total. The van der Waals surface area contributed by atoms with Gasteiger partial charge in [0.1, 0.15) is 5.60 Å². The average molecular weight is 324 g/mol. The highest BCUT2D eigenvalue weighted by atomic mass is 16.6. The maximum absolute atomic E-state index is 12.5. The fourth-order valence-electron chi connectivity index (χ4n) is 2.69. The van der Waals surface area contributed by atoms with Gasteiger partial charge in [0.2, 0.25) is 0 Å². The first-order valence-corrected chi connectivity index (χ1v) is 8.18. The van der Waals surface area contributed by atoms with Crippen LogP contribution in [0.3, 0.4) is 0 Å². The van der Waals surface area contributed by atoms with E-state index in [0.717, 1.165) is 18.7 Å². The molecular weight excluding hydrogens is 296 g/mol. The molecule has 0 aromatic carbocycles. The second-order valence-corrected chi connectivity index (χ2v) is 6.82. The summed E-state index contributed by atoms with van der Waals surface area (Å²) in [5.41, 5.74) is 6.83. The van der Waals surface area contributed by atoms with Gasteiger partial charge in [0, 0.05) is 19.3 Å². The number of ether oxygens (including phenoxy) is 2. The number of aryl methyl sites for hydroxylation is 1. The van der Waals surface area contributed by atoms with E-state index in [0.29, 0.717) is 19.8 Å². The van der Waals surface area contributed by atoms with Crippen LogP contribution in [0.25, 0.3) is 0 Å². The summed E-state index contributed by atoms with van der Waals surface area (Å²) >= 11 is 0. The Bertz CT molecular complexity index is 524. The van der Waals surface area contributed by atoms with Gasteiger partial charge in [-0.1, -0.05) is 6.92 Å². The van der Waals surface area contributed by atoms with Crippen molar-refractivity contribution < 1.29 is 14.3 Å². The van der Waals surface area contributed by atoms with Crippen LogP contribution < -0.4 is 5.73 Å². The van der Waals surface area contributed by atoms with E-state index in [-0.39, 0.29) is 18.2 Å². The zero-order valence-corrected chi connectivity index (χ0v) is 14.5. The Hall–Kier alpha value is -1.60. The van der Waals surface area contributed by atoms with Crippen LogP contribution in [-0.4, -0.2) is 52.2 Å². The second-order valence-electron chi connectivity index (χ2n) is 6.82. The van der Waals surface area contributed by atoms with Crippen molar-refractivity contribution >= 4 is 6.09 Å². The third kappa shape index (κ3) is 4.45. The van der Waals surface area contributed by atoms with Crippen molar-refractivity contribution in [3.8, 4) is 0 Å². The first-order valence-electron chi connectivity index (χ1n) is 8.18. The molecule has 0 bridgehead atoms. The number of hydrogen-bond acceptors (Lipinski definition) is 5. The lowest BCUT2D eigenvalue weighted by atomic mass is 10.0. The lowest BCUT2D eigenvalue weighted by molar-refractivity contribution is -0.0388. The molecular formula is C16H28N4O3. The Balaban J connectivity index is 2.17. The summed E-state index contributed by atoms with van der Waals surface area (Å²) in [7, 11) is 0. The van der Waals surface area contributed by atoms with Crippen molar-refractivity contribution in [1.82, 2.24) is 14.7 Å². The van der Waals surface area contributed by atoms with Gasteiger partial charge in [-0.05, 0) is 33.3 Å². The van der Waals surface area contributed by atoms with Crippen molar-refractivity contribution in [2.45, 2.75) is 58.3 Å². The van der Waals surface area contributed by atoms with E-state index in [4.69, 9.17) is 15.2 Å². The van der Waals surface area contributed by atoms with Crippen LogP contribution in [0.15, 0.2) is 12.3 Å². The Morgan fingerprint density at radius 3 is 2.96 bits per heavy atom. The van der Waals surface area contributed by atoms with E-state index in [1.54, 1.807) is 11.1 Å². The molecule has 2 atom stereocenters. The molecule has 1 amide bonds. The SMILES string of the molecule is CCCn1nccc1C(N)C1COCCN1C(=O)OC(C)(C)C. The molecule has 0 radical (unpaired) electrons. The quantitative estimate of drug-likeness (QED) is 0.915. The van der Waals surface area contributed by atoms with Crippen molar-refractivity contribution in [2.75, 3.05) is 19.8 Å². The zero-order chi connectivity index (χ0) is 17.0. The number of amides is 1. The number of rotatable bonds is 4. The van der Waals surface area contributed by atoms with Gasteiger partial charge >= 0.3 is 6.09 Å². The van der Waals surface area contributed by atoms with E-state index in [9.17, 15) is 4.79 Å².